The lowest BCUT2D eigenvalue weighted by atomic mass is 10.4. The molecule has 0 aromatic rings. The maximum atomic E-state index is 11.4. The van der Waals surface area contributed by atoms with Gasteiger partial charge in [-0.1, -0.05) is 0 Å². The van der Waals surface area contributed by atoms with Gasteiger partial charge in [-0.15, -0.1) is 0 Å². The first kappa shape index (κ1) is 9.93. The van der Waals surface area contributed by atoms with E-state index in [-0.39, 0.29) is 0 Å². The summed E-state index contributed by atoms with van der Waals surface area (Å²) in [6.45, 7) is 1.09. The molecule has 0 bridgehead atoms. The monoisotopic (exact) mass is 168 g/mol. The molecule has 0 rings (SSSR count). The van der Waals surface area contributed by atoms with Gasteiger partial charge >= 0.3 is 12.1 Å². The van der Waals surface area contributed by atoms with E-state index in [2.05, 4.69) is 0 Å². The fourth-order valence-corrected chi connectivity index (χ4v) is 0.308. The molecule has 0 aromatic carbocycles. The third-order valence-electron chi connectivity index (χ3n) is 0.782. The van der Waals surface area contributed by atoms with Gasteiger partial charge < -0.3 is 5.32 Å². The SMILES string of the molecule is CC([C]=O)NC(=O)C(F)(F)F. The zero-order chi connectivity index (χ0) is 9.07. The summed E-state index contributed by atoms with van der Waals surface area (Å²) in [5.74, 6) is -2.13. The normalized spacial score (nSPS) is 13.8. The smallest absolute Gasteiger partial charge is 0.338 e. The molecule has 1 N–H and O–H groups in total. The highest BCUT2D eigenvalue weighted by Gasteiger charge is 2.39. The van der Waals surface area contributed by atoms with Gasteiger partial charge in [0.25, 0.3) is 0 Å². The predicted molar refractivity (Wildman–Crippen MR) is 29.4 cm³/mol. The Kier molecular flexibility index (Phi) is 3.03. The first-order valence-corrected chi connectivity index (χ1v) is 2.63. The summed E-state index contributed by atoms with van der Waals surface area (Å²) in [5, 5.41) is 1.38. The summed E-state index contributed by atoms with van der Waals surface area (Å²) in [6.07, 6.45) is -3.75. The van der Waals surface area contributed by atoms with Crippen LogP contribution in [0.25, 0.3) is 0 Å². The average molecular weight is 168 g/mol. The highest BCUT2D eigenvalue weighted by atomic mass is 19.4. The lowest BCUT2D eigenvalue weighted by Crippen LogP contribution is -2.42. The van der Waals surface area contributed by atoms with Crippen LogP contribution < -0.4 is 5.32 Å². The molecule has 0 fully saturated rings. The second kappa shape index (κ2) is 3.36. The highest BCUT2D eigenvalue weighted by Crippen LogP contribution is 2.13. The average Bonchev–Trinajstić information content (AvgIpc) is 1.85. The maximum absolute atomic E-state index is 11.4. The van der Waals surface area contributed by atoms with Crippen LogP contribution in [-0.4, -0.2) is 24.4 Å². The topological polar surface area (TPSA) is 46.2 Å². The number of hydrogen-bond donors (Lipinski definition) is 1. The zero-order valence-electron chi connectivity index (χ0n) is 5.53. The van der Waals surface area contributed by atoms with E-state index in [0.29, 0.717) is 0 Å². The minimum Gasteiger partial charge on any atom is -0.338 e. The molecule has 0 saturated heterocycles. The minimum atomic E-state index is -4.94. The Morgan fingerprint density at radius 1 is 1.55 bits per heavy atom. The van der Waals surface area contributed by atoms with E-state index in [4.69, 9.17) is 0 Å². The van der Waals surface area contributed by atoms with Gasteiger partial charge in [-0.25, -0.2) is 0 Å². The van der Waals surface area contributed by atoms with E-state index in [9.17, 15) is 22.8 Å². The molecule has 0 saturated carbocycles. The van der Waals surface area contributed by atoms with Crippen molar-refractivity contribution >= 4 is 12.2 Å². The molecule has 1 unspecified atom stereocenters. The lowest BCUT2D eigenvalue weighted by Gasteiger charge is -2.08. The van der Waals surface area contributed by atoms with Gasteiger partial charge in [-0.05, 0) is 6.92 Å². The Balaban J connectivity index is 3.98. The van der Waals surface area contributed by atoms with Crippen molar-refractivity contribution in [3.63, 3.8) is 0 Å². The van der Waals surface area contributed by atoms with Crippen LogP contribution in [0, 0.1) is 0 Å². The molecule has 0 heterocycles. The Hall–Kier alpha value is -1.07. The maximum Gasteiger partial charge on any atom is 0.471 e. The Bertz CT molecular complexity index is 166. The van der Waals surface area contributed by atoms with E-state index in [1.54, 1.807) is 0 Å². The fourth-order valence-electron chi connectivity index (χ4n) is 0.308. The number of rotatable bonds is 2. The van der Waals surface area contributed by atoms with Gasteiger partial charge in [-0.2, -0.15) is 13.2 Å². The van der Waals surface area contributed by atoms with Crippen LogP contribution >= 0.6 is 0 Å². The minimum absolute atomic E-state index is 1.09. The summed E-state index contributed by atoms with van der Waals surface area (Å²) >= 11 is 0. The molecule has 1 atom stereocenters. The summed E-state index contributed by atoms with van der Waals surface area (Å²) < 4.78 is 34.2. The lowest BCUT2D eigenvalue weighted by molar-refractivity contribution is -0.173. The molecule has 63 valence electrons. The zero-order valence-corrected chi connectivity index (χ0v) is 5.53. The number of carbonyl (C=O) groups is 1. The van der Waals surface area contributed by atoms with Crippen molar-refractivity contribution in [1.29, 1.82) is 0 Å². The molecular formula is C5H5F3NO2. The molecule has 1 amide bonds. The number of carbonyl (C=O) groups excluding carboxylic acids is 2. The number of hydrogen-bond acceptors (Lipinski definition) is 2. The quantitative estimate of drug-likeness (QED) is 0.638. The van der Waals surface area contributed by atoms with Gasteiger partial charge in [-0.3, -0.25) is 9.59 Å². The van der Waals surface area contributed by atoms with E-state index < -0.39 is 18.1 Å². The van der Waals surface area contributed by atoms with Crippen LogP contribution in [0.2, 0.25) is 0 Å². The predicted octanol–water partition coefficient (Wildman–Crippen LogP) is 0.163. The summed E-state index contributed by atoms with van der Waals surface area (Å²) in [7, 11) is 0. The molecule has 0 aliphatic heterocycles. The molecule has 0 aliphatic rings. The fraction of sp³-hybridized carbons (Fsp3) is 0.600. The number of nitrogens with one attached hydrogen (secondary N) is 1. The first-order chi connectivity index (χ1) is 4.88. The van der Waals surface area contributed by atoms with E-state index in [1.165, 1.54) is 11.6 Å². The van der Waals surface area contributed by atoms with Crippen LogP contribution in [0.5, 0.6) is 0 Å². The van der Waals surface area contributed by atoms with Gasteiger partial charge in [0.15, 0.2) is 0 Å². The van der Waals surface area contributed by atoms with Crippen LogP contribution in [0.15, 0.2) is 0 Å². The van der Waals surface area contributed by atoms with Crippen LogP contribution in [0.3, 0.4) is 0 Å². The summed E-state index contributed by atoms with van der Waals surface area (Å²) in [5.41, 5.74) is 0. The molecular weight excluding hydrogens is 163 g/mol. The molecule has 11 heavy (non-hydrogen) atoms. The number of halogens is 3. The van der Waals surface area contributed by atoms with Crippen molar-refractivity contribution in [1.82, 2.24) is 5.32 Å². The first-order valence-electron chi connectivity index (χ1n) is 2.63. The molecule has 0 spiro atoms. The molecule has 3 nitrogen and oxygen atoms in total. The second-order valence-electron chi connectivity index (χ2n) is 1.81. The number of alkyl halides is 3. The molecule has 0 aromatic heterocycles. The third-order valence-corrected chi connectivity index (χ3v) is 0.782. The second-order valence-corrected chi connectivity index (χ2v) is 1.81. The van der Waals surface area contributed by atoms with Gasteiger partial charge in [0, 0.05) is 0 Å². The van der Waals surface area contributed by atoms with Crippen molar-refractivity contribution in [3.05, 3.63) is 0 Å². The van der Waals surface area contributed by atoms with Gasteiger partial charge in [0.2, 0.25) is 6.29 Å². The van der Waals surface area contributed by atoms with Crippen molar-refractivity contribution in [2.45, 2.75) is 19.1 Å². The third kappa shape index (κ3) is 3.59. The van der Waals surface area contributed by atoms with Gasteiger partial charge in [0.05, 0.1) is 6.04 Å². The summed E-state index contributed by atoms with van der Waals surface area (Å²) in [6, 6.07) is -1.23. The Morgan fingerprint density at radius 2 is 2.00 bits per heavy atom. The van der Waals surface area contributed by atoms with Crippen LogP contribution in [-0.2, 0) is 9.59 Å². The highest BCUT2D eigenvalue weighted by molar-refractivity contribution is 5.84. The van der Waals surface area contributed by atoms with Crippen molar-refractivity contribution < 1.29 is 22.8 Å². The summed E-state index contributed by atoms with van der Waals surface area (Å²) in [4.78, 5) is 19.7. The van der Waals surface area contributed by atoms with Crippen molar-refractivity contribution in [2.75, 3.05) is 0 Å². The number of amides is 1. The van der Waals surface area contributed by atoms with Crippen LogP contribution in [0.4, 0.5) is 13.2 Å². The molecule has 0 aliphatic carbocycles. The Labute approximate surface area is 60.6 Å². The largest absolute Gasteiger partial charge is 0.471 e. The van der Waals surface area contributed by atoms with E-state index >= 15 is 0 Å². The van der Waals surface area contributed by atoms with Gasteiger partial charge in [0.1, 0.15) is 0 Å². The van der Waals surface area contributed by atoms with Crippen molar-refractivity contribution in [3.8, 4) is 0 Å². The van der Waals surface area contributed by atoms with Crippen LogP contribution in [0.1, 0.15) is 6.92 Å². The standard InChI is InChI=1S/C5H5F3NO2/c1-3(2-10)9-4(11)5(6,7)8/h3H,1H3,(H,9,11). The molecule has 1 radical (unpaired) electrons. The Morgan fingerprint density at radius 3 is 2.27 bits per heavy atom. The molecule has 6 heteroatoms. The van der Waals surface area contributed by atoms with Crippen molar-refractivity contribution in [2.24, 2.45) is 0 Å². The van der Waals surface area contributed by atoms with E-state index in [1.807, 2.05) is 0 Å². The van der Waals surface area contributed by atoms with E-state index in [0.717, 1.165) is 6.92 Å².